The summed E-state index contributed by atoms with van der Waals surface area (Å²) in [4.78, 5) is 10.1. The first kappa shape index (κ1) is 15.2. The first-order valence-corrected chi connectivity index (χ1v) is 8.65. The Morgan fingerprint density at radius 1 is 1.60 bits per heavy atom. The van der Waals surface area contributed by atoms with Crippen LogP contribution < -0.4 is 5.73 Å². The fraction of sp³-hybridized carbons (Fsp3) is 0.636. The Morgan fingerprint density at radius 2 is 2.30 bits per heavy atom. The molecule has 0 bridgehead atoms. The molecule has 7 nitrogen and oxygen atoms in total. The topological polar surface area (TPSA) is 107 Å². The van der Waals surface area contributed by atoms with E-state index in [4.69, 9.17) is 5.73 Å². The summed E-state index contributed by atoms with van der Waals surface area (Å²) in [6, 6.07) is 1.06. The lowest BCUT2D eigenvalue weighted by atomic mass is 10.0. The van der Waals surface area contributed by atoms with E-state index >= 15 is 0 Å². The van der Waals surface area contributed by atoms with Crippen LogP contribution in [-0.2, 0) is 10.0 Å². The molecule has 20 heavy (non-hydrogen) atoms. The summed E-state index contributed by atoms with van der Waals surface area (Å²) < 4.78 is 26.2. The molecule has 0 amide bonds. The molecule has 2 N–H and O–H groups in total. The number of sulfonamides is 1. The van der Waals surface area contributed by atoms with Crippen LogP contribution in [0.1, 0.15) is 26.2 Å². The van der Waals surface area contributed by atoms with E-state index in [-0.39, 0.29) is 14.9 Å². The van der Waals surface area contributed by atoms with Gasteiger partial charge in [-0.25, -0.2) is 8.42 Å². The lowest BCUT2D eigenvalue weighted by Crippen LogP contribution is -2.28. The second-order valence-electron chi connectivity index (χ2n) is 4.88. The molecule has 9 heteroatoms. The molecule has 0 aliphatic carbocycles. The SMILES string of the molecule is CCCC1CCN(S(=O)(=O)c2cc([N+](=O)[O-])c(N)s2)C1. The predicted molar refractivity (Wildman–Crippen MR) is 77.2 cm³/mol. The van der Waals surface area contributed by atoms with Crippen molar-refractivity contribution in [3.05, 3.63) is 16.2 Å². The van der Waals surface area contributed by atoms with Crippen LogP contribution in [0.5, 0.6) is 0 Å². The maximum atomic E-state index is 12.4. The second kappa shape index (κ2) is 5.66. The van der Waals surface area contributed by atoms with Crippen molar-refractivity contribution in [2.75, 3.05) is 18.8 Å². The van der Waals surface area contributed by atoms with E-state index in [9.17, 15) is 18.5 Å². The normalized spacial score (nSPS) is 20.4. The number of thiophene rings is 1. The van der Waals surface area contributed by atoms with Crippen molar-refractivity contribution in [3.8, 4) is 0 Å². The molecule has 1 saturated heterocycles. The molecule has 0 spiro atoms. The molecule has 1 aromatic heterocycles. The van der Waals surface area contributed by atoms with Gasteiger partial charge in [-0.15, -0.1) is 0 Å². The molecule has 2 rings (SSSR count). The summed E-state index contributed by atoms with van der Waals surface area (Å²) in [5, 5.41) is 10.7. The highest BCUT2D eigenvalue weighted by Gasteiger charge is 2.35. The third-order valence-electron chi connectivity index (χ3n) is 3.45. The van der Waals surface area contributed by atoms with Crippen LogP contribution in [0, 0.1) is 16.0 Å². The highest BCUT2D eigenvalue weighted by Crippen LogP contribution is 2.37. The maximum absolute atomic E-state index is 12.4. The molecule has 1 aliphatic heterocycles. The van der Waals surface area contributed by atoms with Gasteiger partial charge in [0.1, 0.15) is 4.21 Å². The van der Waals surface area contributed by atoms with Crippen molar-refractivity contribution in [3.63, 3.8) is 0 Å². The molecule has 1 aliphatic rings. The Balaban J connectivity index is 2.23. The Morgan fingerprint density at radius 3 is 2.85 bits per heavy atom. The first-order valence-electron chi connectivity index (χ1n) is 6.40. The van der Waals surface area contributed by atoms with Gasteiger partial charge >= 0.3 is 5.69 Å². The van der Waals surface area contributed by atoms with Gasteiger partial charge < -0.3 is 5.73 Å². The van der Waals surface area contributed by atoms with E-state index < -0.39 is 14.9 Å². The summed E-state index contributed by atoms with van der Waals surface area (Å²) in [6.07, 6.45) is 2.87. The van der Waals surface area contributed by atoms with Gasteiger partial charge in [0.05, 0.1) is 4.92 Å². The molecule has 0 saturated carbocycles. The largest absolute Gasteiger partial charge is 0.385 e. The number of nitrogens with zero attached hydrogens (tertiary/aromatic N) is 2. The van der Waals surface area contributed by atoms with Crippen molar-refractivity contribution < 1.29 is 13.3 Å². The third-order valence-corrected chi connectivity index (χ3v) is 6.72. The Kier molecular flexibility index (Phi) is 4.31. The number of anilines is 1. The van der Waals surface area contributed by atoms with Crippen LogP contribution in [0.15, 0.2) is 10.3 Å². The summed E-state index contributed by atoms with van der Waals surface area (Å²) in [5.41, 5.74) is 5.17. The van der Waals surface area contributed by atoms with Gasteiger partial charge in [-0.05, 0) is 18.8 Å². The van der Waals surface area contributed by atoms with Crippen molar-refractivity contribution in [1.82, 2.24) is 4.31 Å². The number of nitrogen functional groups attached to an aromatic ring is 1. The van der Waals surface area contributed by atoms with Crippen LogP contribution in [0.3, 0.4) is 0 Å². The summed E-state index contributed by atoms with van der Waals surface area (Å²) in [6.45, 7) is 3.03. The summed E-state index contributed by atoms with van der Waals surface area (Å²) in [7, 11) is -3.66. The van der Waals surface area contributed by atoms with Gasteiger partial charge in [0, 0.05) is 19.2 Å². The number of hydrogen-bond acceptors (Lipinski definition) is 6. The van der Waals surface area contributed by atoms with Crippen molar-refractivity contribution >= 4 is 32.0 Å². The van der Waals surface area contributed by atoms with Crippen LogP contribution in [0.4, 0.5) is 10.7 Å². The minimum absolute atomic E-state index is 0.0427. The molecule has 0 aromatic carbocycles. The molecule has 1 fully saturated rings. The van der Waals surface area contributed by atoms with E-state index in [0.717, 1.165) is 36.7 Å². The third kappa shape index (κ3) is 2.79. The lowest BCUT2D eigenvalue weighted by molar-refractivity contribution is -0.383. The van der Waals surface area contributed by atoms with Gasteiger partial charge in [0.15, 0.2) is 5.00 Å². The highest BCUT2D eigenvalue weighted by atomic mass is 32.2. The standard InChI is InChI=1S/C11H17N3O4S2/c1-2-3-8-4-5-13(7-8)20(17,18)10-6-9(14(15)16)11(12)19-10/h6,8H,2-5,7,12H2,1H3. The molecule has 1 aromatic rings. The van der Waals surface area contributed by atoms with Gasteiger partial charge in [0.25, 0.3) is 10.0 Å². The van der Waals surface area contributed by atoms with E-state index in [1.165, 1.54) is 4.31 Å². The molecule has 1 unspecified atom stereocenters. The Hall–Kier alpha value is -1.19. The molecule has 1 atom stereocenters. The fourth-order valence-electron chi connectivity index (χ4n) is 2.43. The Labute approximate surface area is 121 Å². The van der Waals surface area contributed by atoms with E-state index in [0.29, 0.717) is 19.0 Å². The van der Waals surface area contributed by atoms with Crippen molar-refractivity contribution in [1.29, 1.82) is 0 Å². The molecule has 0 radical (unpaired) electrons. The average molecular weight is 319 g/mol. The Bertz CT molecular complexity index is 611. The van der Waals surface area contributed by atoms with E-state index in [1.807, 2.05) is 0 Å². The zero-order valence-electron chi connectivity index (χ0n) is 11.1. The highest BCUT2D eigenvalue weighted by molar-refractivity contribution is 7.91. The van der Waals surface area contributed by atoms with Gasteiger partial charge in [-0.3, -0.25) is 10.1 Å². The fourth-order valence-corrected chi connectivity index (χ4v) is 5.33. The quantitative estimate of drug-likeness (QED) is 0.660. The van der Waals surface area contributed by atoms with Crippen molar-refractivity contribution in [2.24, 2.45) is 5.92 Å². The molecular formula is C11H17N3O4S2. The van der Waals surface area contributed by atoms with Crippen molar-refractivity contribution in [2.45, 2.75) is 30.4 Å². The van der Waals surface area contributed by atoms with E-state index in [2.05, 4.69) is 6.92 Å². The minimum Gasteiger partial charge on any atom is -0.385 e. The lowest BCUT2D eigenvalue weighted by Gasteiger charge is -2.14. The number of nitrogens with two attached hydrogens (primary N) is 1. The van der Waals surface area contributed by atoms with Crippen LogP contribution in [-0.4, -0.2) is 30.7 Å². The van der Waals surface area contributed by atoms with Crippen LogP contribution in [0.2, 0.25) is 0 Å². The number of nitro groups is 1. The number of hydrogen-bond donors (Lipinski definition) is 1. The predicted octanol–water partition coefficient (Wildman–Crippen LogP) is 2.05. The molecule has 112 valence electrons. The van der Waals surface area contributed by atoms with Gasteiger partial charge in [-0.1, -0.05) is 24.7 Å². The number of rotatable bonds is 5. The average Bonchev–Trinajstić information content (AvgIpc) is 2.96. The maximum Gasteiger partial charge on any atom is 0.304 e. The minimum atomic E-state index is -3.66. The van der Waals surface area contributed by atoms with E-state index in [1.54, 1.807) is 0 Å². The molecular weight excluding hydrogens is 302 g/mol. The smallest absolute Gasteiger partial charge is 0.304 e. The zero-order chi connectivity index (χ0) is 14.9. The zero-order valence-corrected chi connectivity index (χ0v) is 12.7. The second-order valence-corrected chi connectivity index (χ2v) is 8.13. The summed E-state index contributed by atoms with van der Waals surface area (Å²) in [5.74, 6) is 0.377. The monoisotopic (exact) mass is 319 g/mol. The van der Waals surface area contributed by atoms with Gasteiger partial charge in [0.2, 0.25) is 0 Å². The summed E-state index contributed by atoms with van der Waals surface area (Å²) >= 11 is 0.758. The molecule has 2 heterocycles. The van der Waals surface area contributed by atoms with Crippen LogP contribution >= 0.6 is 11.3 Å². The van der Waals surface area contributed by atoms with Crippen LogP contribution in [0.25, 0.3) is 0 Å². The first-order chi connectivity index (χ1) is 9.36. The van der Waals surface area contributed by atoms with Gasteiger partial charge in [-0.2, -0.15) is 4.31 Å².